The molecule has 104 valence electrons. The topological polar surface area (TPSA) is 54.5 Å². The number of pyridine rings is 1. The molecule has 22 heavy (non-hydrogen) atoms. The zero-order valence-corrected chi connectivity index (χ0v) is 12.0. The van der Waals surface area contributed by atoms with E-state index in [0.717, 1.165) is 33.2 Å². The van der Waals surface area contributed by atoms with Crippen LogP contribution in [0.15, 0.2) is 54.6 Å². The molecule has 0 fully saturated rings. The van der Waals surface area contributed by atoms with E-state index in [0.29, 0.717) is 5.56 Å². The summed E-state index contributed by atoms with van der Waals surface area (Å²) in [6, 6.07) is 19.9. The van der Waals surface area contributed by atoms with Crippen molar-refractivity contribution in [3.8, 4) is 17.3 Å². The van der Waals surface area contributed by atoms with E-state index in [1.165, 1.54) is 0 Å². The largest absolute Gasteiger partial charge is 0.250 e. The molecule has 0 N–H and O–H groups in total. The second kappa shape index (κ2) is 4.68. The SMILES string of the molecule is Cn1nc(-c2ccccc2)c2cc3ccc(C#N)cc3nc21. The lowest BCUT2D eigenvalue weighted by molar-refractivity contribution is 0.791. The van der Waals surface area contributed by atoms with Gasteiger partial charge in [-0.15, -0.1) is 0 Å². The Hall–Kier alpha value is -3.19. The van der Waals surface area contributed by atoms with Gasteiger partial charge in [-0.1, -0.05) is 36.4 Å². The first-order chi connectivity index (χ1) is 10.8. The number of hydrogen-bond donors (Lipinski definition) is 0. The van der Waals surface area contributed by atoms with E-state index in [4.69, 9.17) is 5.26 Å². The predicted octanol–water partition coefficient (Wildman–Crippen LogP) is 3.66. The van der Waals surface area contributed by atoms with Crippen LogP contribution in [0.3, 0.4) is 0 Å². The molecule has 4 nitrogen and oxygen atoms in total. The highest BCUT2D eigenvalue weighted by Gasteiger charge is 2.13. The van der Waals surface area contributed by atoms with Crippen molar-refractivity contribution in [2.75, 3.05) is 0 Å². The molecule has 0 atom stereocenters. The maximum atomic E-state index is 9.02. The van der Waals surface area contributed by atoms with E-state index < -0.39 is 0 Å². The van der Waals surface area contributed by atoms with Gasteiger partial charge in [0.2, 0.25) is 0 Å². The molecule has 0 spiro atoms. The summed E-state index contributed by atoms with van der Waals surface area (Å²) in [7, 11) is 1.89. The van der Waals surface area contributed by atoms with Crippen LogP contribution in [0.25, 0.3) is 33.2 Å². The molecule has 0 aliphatic heterocycles. The van der Waals surface area contributed by atoms with Crippen LogP contribution in [-0.4, -0.2) is 14.8 Å². The van der Waals surface area contributed by atoms with Crippen molar-refractivity contribution in [3.63, 3.8) is 0 Å². The van der Waals surface area contributed by atoms with E-state index >= 15 is 0 Å². The molecule has 2 aromatic heterocycles. The highest BCUT2D eigenvalue weighted by atomic mass is 15.3. The highest BCUT2D eigenvalue weighted by Crippen LogP contribution is 2.29. The normalized spacial score (nSPS) is 10.9. The number of nitriles is 1. The van der Waals surface area contributed by atoms with Gasteiger partial charge in [-0.25, -0.2) is 9.67 Å². The average molecular weight is 284 g/mol. The first-order valence-electron chi connectivity index (χ1n) is 6.99. The second-order valence-corrected chi connectivity index (χ2v) is 5.22. The third-order valence-corrected chi connectivity index (χ3v) is 3.79. The minimum absolute atomic E-state index is 0.616. The lowest BCUT2D eigenvalue weighted by atomic mass is 10.1. The molecule has 2 aromatic carbocycles. The molecule has 0 saturated carbocycles. The summed E-state index contributed by atoms with van der Waals surface area (Å²) in [5.41, 5.74) is 4.25. The minimum Gasteiger partial charge on any atom is -0.250 e. The molecular formula is C18H12N4. The first-order valence-corrected chi connectivity index (χ1v) is 6.99. The smallest absolute Gasteiger partial charge is 0.158 e. The summed E-state index contributed by atoms with van der Waals surface area (Å²) >= 11 is 0. The Kier molecular flexibility index (Phi) is 2.67. The second-order valence-electron chi connectivity index (χ2n) is 5.22. The first kappa shape index (κ1) is 12.5. The van der Waals surface area contributed by atoms with Crippen LogP contribution in [0.2, 0.25) is 0 Å². The summed E-state index contributed by atoms with van der Waals surface area (Å²) in [6.07, 6.45) is 0. The number of fused-ring (bicyclic) bond motifs is 2. The Morgan fingerprint density at radius 2 is 1.86 bits per heavy atom. The lowest BCUT2D eigenvalue weighted by Crippen LogP contribution is -1.92. The summed E-state index contributed by atoms with van der Waals surface area (Å²) < 4.78 is 1.79. The van der Waals surface area contributed by atoms with Crippen LogP contribution >= 0.6 is 0 Å². The predicted molar refractivity (Wildman–Crippen MR) is 86.2 cm³/mol. The standard InChI is InChI=1S/C18H12N4/c1-22-18-15(17(21-22)13-5-3-2-4-6-13)10-14-8-7-12(11-19)9-16(14)20-18/h2-10H,1H3. The Labute approximate surface area is 127 Å². The Bertz CT molecular complexity index is 1040. The van der Waals surface area contributed by atoms with Crippen LogP contribution in [0.1, 0.15) is 5.56 Å². The molecule has 4 heteroatoms. The fourth-order valence-corrected chi connectivity index (χ4v) is 2.71. The summed E-state index contributed by atoms with van der Waals surface area (Å²) in [5, 5.41) is 15.7. The molecule has 0 saturated heterocycles. The molecule has 0 aliphatic rings. The van der Waals surface area contributed by atoms with Gasteiger partial charge in [0.25, 0.3) is 0 Å². The molecule has 0 aliphatic carbocycles. The third kappa shape index (κ3) is 1.84. The van der Waals surface area contributed by atoms with Gasteiger partial charge in [0, 0.05) is 23.4 Å². The maximum Gasteiger partial charge on any atom is 0.158 e. The molecule has 2 heterocycles. The zero-order chi connectivity index (χ0) is 15.1. The van der Waals surface area contributed by atoms with Gasteiger partial charge in [0.15, 0.2) is 5.65 Å². The van der Waals surface area contributed by atoms with Crippen LogP contribution in [0, 0.1) is 11.3 Å². The monoisotopic (exact) mass is 284 g/mol. The van der Waals surface area contributed by atoms with Crippen molar-refractivity contribution < 1.29 is 0 Å². The van der Waals surface area contributed by atoms with E-state index in [9.17, 15) is 0 Å². The summed E-state index contributed by atoms with van der Waals surface area (Å²) in [5.74, 6) is 0. The van der Waals surface area contributed by atoms with Gasteiger partial charge >= 0.3 is 0 Å². The molecule has 4 rings (SSSR count). The molecule has 0 bridgehead atoms. The minimum atomic E-state index is 0.616. The van der Waals surface area contributed by atoms with Gasteiger partial charge in [0.05, 0.1) is 17.1 Å². The van der Waals surface area contributed by atoms with Crippen molar-refractivity contribution >= 4 is 21.9 Å². The lowest BCUT2D eigenvalue weighted by Gasteiger charge is -2.00. The Balaban J connectivity index is 2.06. The number of nitrogens with zero attached hydrogens (tertiary/aromatic N) is 4. The Morgan fingerprint density at radius 1 is 1.05 bits per heavy atom. The van der Waals surface area contributed by atoms with Crippen LogP contribution in [0.5, 0.6) is 0 Å². The van der Waals surface area contributed by atoms with E-state index in [1.54, 1.807) is 4.68 Å². The number of aryl methyl sites for hydroxylation is 1. The van der Waals surface area contributed by atoms with Gasteiger partial charge < -0.3 is 0 Å². The fourth-order valence-electron chi connectivity index (χ4n) is 2.71. The van der Waals surface area contributed by atoms with Gasteiger partial charge in [-0.05, 0) is 18.2 Å². The molecule has 0 unspecified atom stereocenters. The van der Waals surface area contributed by atoms with Gasteiger partial charge in [-0.3, -0.25) is 0 Å². The quantitative estimate of drug-likeness (QED) is 0.536. The van der Waals surface area contributed by atoms with Gasteiger partial charge in [-0.2, -0.15) is 10.4 Å². The number of hydrogen-bond acceptors (Lipinski definition) is 3. The van der Waals surface area contributed by atoms with Crippen LogP contribution < -0.4 is 0 Å². The average Bonchev–Trinajstić information content (AvgIpc) is 2.89. The van der Waals surface area contributed by atoms with Crippen molar-refractivity contribution in [1.29, 1.82) is 5.26 Å². The summed E-state index contributed by atoms with van der Waals surface area (Å²) in [6.45, 7) is 0. The highest BCUT2D eigenvalue weighted by molar-refractivity contribution is 5.99. The van der Waals surface area contributed by atoms with Crippen molar-refractivity contribution in [2.45, 2.75) is 0 Å². The fraction of sp³-hybridized carbons (Fsp3) is 0.0556. The van der Waals surface area contributed by atoms with E-state index in [2.05, 4.69) is 22.2 Å². The third-order valence-electron chi connectivity index (χ3n) is 3.79. The van der Waals surface area contributed by atoms with Crippen molar-refractivity contribution in [2.24, 2.45) is 7.05 Å². The Morgan fingerprint density at radius 3 is 2.64 bits per heavy atom. The summed E-state index contributed by atoms with van der Waals surface area (Å²) in [4.78, 5) is 4.68. The molecule has 4 aromatic rings. The van der Waals surface area contributed by atoms with E-state index in [-0.39, 0.29) is 0 Å². The van der Waals surface area contributed by atoms with Crippen LogP contribution in [0.4, 0.5) is 0 Å². The molecular weight excluding hydrogens is 272 g/mol. The number of benzene rings is 2. The van der Waals surface area contributed by atoms with Crippen molar-refractivity contribution in [3.05, 3.63) is 60.2 Å². The van der Waals surface area contributed by atoms with Crippen LogP contribution in [-0.2, 0) is 7.05 Å². The van der Waals surface area contributed by atoms with Gasteiger partial charge in [0.1, 0.15) is 5.69 Å². The van der Waals surface area contributed by atoms with Crippen molar-refractivity contribution in [1.82, 2.24) is 14.8 Å². The molecule has 0 amide bonds. The maximum absolute atomic E-state index is 9.02. The zero-order valence-electron chi connectivity index (χ0n) is 12.0. The molecule has 0 radical (unpaired) electrons. The number of aromatic nitrogens is 3. The van der Waals surface area contributed by atoms with E-state index in [1.807, 2.05) is 55.6 Å². The number of rotatable bonds is 1.